The van der Waals surface area contributed by atoms with Gasteiger partial charge >= 0.3 is 0 Å². The molecule has 0 aromatic heterocycles. The van der Waals surface area contributed by atoms with E-state index in [9.17, 15) is 4.79 Å². The average Bonchev–Trinajstić information content (AvgIpc) is 2.29. The maximum atomic E-state index is 11.3. The first kappa shape index (κ1) is 14.0. The molecule has 0 amide bonds. The topological polar surface area (TPSA) is 26.3 Å². The molecule has 1 aromatic carbocycles. The van der Waals surface area contributed by atoms with E-state index in [1.165, 1.54) is 0 Å². The summed E-state index contributed by atoms with van der Waals surface area (Å²) in [5.74, 6) is 1.19. The summed E-state index contributed by atoms with van der Waals surface area (Å²) in [7, 11) is 0. The van der Waals surface area contributed by atoms with Crippen LogP contribution in [0, 0.1) is 6.92 Å². The summed E-state index contributed by atoms with van der Waals surface area (Å²) in [6, 6.07) is 3.83. The Kier molecular flexibility index (Phi) is 5.01. The lowest BCUT2D eigenvalue weighted by molar-refractivity contribution is -0.120. The molecule has 1 rings (SSSR count). The number of carbonyl (C=O) groups is 1. The molecule has 2 nitrogen and oxygen atoms in total. The van der Waals surface area contributed by atoms with Crippen molar-refractivity contribution in [2.24, 2.45) is 0 Å². The summed E-state index contributed by atoms with van der Waals surface area (Å²) in [4.78, 5) is 11.3. The van der Waals surface area contributed by atoms with E-state index >= 15 is 0 Å². The third-order valence-corrected chi connectivity index (χ3v) is 3.10. The summed E-state index contributed by atoms with van der Waals surface area (Å²) in [5, 5.41) is 0.739. The van der Waals surface area contributed by atoms with Crippen LogP contribution in [-0.2, 0) is 4.79 Å². The van der Waals surface area contributed by atoms with Crippen LogP contribution in [0.5, 0.6) is 5.75 Å². The van der Waals surface area contributed by atoms with Crippen molar-refractivity contribution in [1.29, 1.82) is 0 Å². The van der Waals surface area contributed by atoms with Crippen LogP contribution in [0.25, 0.3) is 0 Å². The number of hydrogen-bond donors (Lipinski definition) is 0. The predicted molar refractivity (Wildman–Crippen MR) is 71.1 cm³/mol. The molecular formula is C14H19ClO2. The molecule has 0 aliphatic carbocycles. The Morgan fingerprint density at radius 3 is 2.59 bits per heavy atom. The lowest BCUT2D eigenvalue weighted by Gasteiger charge is -2.15. The fraction of sp³-hybridized carbons (Fsp3) is 0.500. The Labute approximate surface area is 108 Å². The SMILES string of the molecule is CCC(=O)COc1cc(C)c(Cl)cc1C(C)C. The van der Waals surface area contributed by atoms with Gasteiger partial charge in [-0.3, -0.25) is 4.79 Å². The summed E-state index contributed by atoms with van der Waals surface area (Å²) in [5.41, 5.74) is 2.01. The monoisotopic (exact) mass is 254 g/mol. The van der Waals surface area contributed by atoms with Gasteiger partial charge in [0, 0.05) is 11.4 Å². The number of halogens is 1. The molecule has 0 saturated heterocycles. The molecule has 0 fully saturated rings. The molecule has 0 unspecified atom stereocenters. The molecule has 0 aliphatic heterocycles. The van der Waals surface area contributed by atoms with Gasteiger partial charge in [0.1, 0.15) is 12.4 Å². The summed E-state index contributed by atoms with van der Waals surface area (Å²) in [6.07, 6.45) is 0.504. The van der Waals surface area contributed by atoms with E-state index in [2.05, 4.69) is 13.8 Å². The maximum Gasteiger partial charge on any atom is 0.169 e. The number of Topliss-reactive ketones (excluding diaryl/α,β-unsaturated/α-hetero) is 1. The first-order valence-corrected chi connectivity index (χ1v) is 6.28. The molecule has 0 aliphatic rings. The number of ketones is 1. The van der Waals surface area contributed by atoms with Gasteiger partial charge in [0.25, 0.3) is 0 Å². The molecule has 0 atom stereocenters. The molecule has 0 radical (unpaired) electrons. The summed E-state index contributed by atoms with van der Waals surface area (Å²) < 4.78 is 5.58. The van der Waals surface area contributed by atoms with Crippen molar-refractivity contribution in [3.05, 3.63) is 28.3 Å². The molecule has 0 bridgehead atoms. The van der Waals surface area contributed by atoms with Gasteiger partial charge in [0.05, 0.1) is 0 Å². The zero-order valence-electron chi connectivity index (χ0n) is 10.8. The molecule has 3 heteroatoms. The van der Waals surface area contributed by atoms with Crippen molar-refractivity contribution in [2.45, 2.75) is 40.0 Å². The van der Waals surface area contributed by atoms with E-state index in [-0.39, 0.29) is 12.4 Å². The molecule has 17 heavy (non-hydrogen) atoms. The molecule has 0 heterocycles. The molecule has 1 aromatic rings. The van der Waals surface area contributed by atoms with Gasteiger partial charge in [-0.2, -0.15) is 0 Å². The van der Waals surface area contributed by atoms with Gasteiger partial charge in [-0.25, -0.2) is 0 Å². The van der Waals surface area contributed by atoms with E-state index in [0.29, 0.717) is 12.3 Å². The van der Waals surface area contributed by atoms with Crippen molar-refractivity contribution in [3.8, 4) is 5.75 Å². The Morgan fingerprint density at radius 2 is 2.06 bits per heavy atom. The van der Waals surface area contributed by atoms with Crippen molar-refractivity contribution >= 4 is 17.4 Å². The highest BCUT2D eigenvalue weighted by Gasteiger charge is 2.12. The second kappa shape index (κ2) is 6.06. The first-order chi connectivity index (χ1) is 7.95. The Hall–Kier alpha value is -1.02. The van der Waals surface area contributed by atoms with Crippen LogP contribution in [0.15, 0.2) is 12.1 Å². The van der Waals surface area contributed by atoms with Crippen LogP contribution in [0.4, 0.5) is 0 Å². The number of benzene rings is 1. The van der Waals surface area contributed by atoms with E-state index < -0.39 is 0 Å². The lowest BCUT2D eigenvalue weighted by atomic mass is 10.0. The third kappa shape index (κ3) is 3.74. The zero-order valence-corrected chi connectivity index (χ0v) is 11.6. The van der Waals surface area contributed by atoms with Gasteiger partial charge in [-0.15, -0.1) is 0 Å². The van der Waals surface area contributed by atoms with Crippen LogP contribution in [0.1, 0.15) is 44.2 Å². The first-order valence-electron chi connectivity index (χ1n) is 5.90. The minimum atomic E-state index is 0.104. The van der Waals surface area contributed by atoms with Gasteiger partial charge in [0.15, 0.2) is 5.78 Å². The number of carbonyl (C=O) groups excluding carboxylic acids is 1. The number of hydrogen-bond acceptors (Lipinski definition) is 2. The zero-order chi connectivity index (χ0) is 13.0. The Bertz CT molecular complexity index is 411. The van der Waals surface area contributed by atoms with E-state index in [1.54, 1.807) is 0 Å². The largest absolute Gasteiger partial charge is 0.486 e. The van der Waals surface area contributed by atoms with Crippen LogP contribution in [0.3, 0.4) is 0 Å². The van der Waals surface area contributed by atoms with Crippen LogP contribution >= 0.6 is 11.6 Å². The average molecular weight is 255 g/mol. The maximum absolute atomic E-state index is 11.3. The van der Waals surface area contributed by atoms with Crippen LogP contribution in [-0.4, -0.2) is 12.4 Å². The van der Waals surface area contributed by atoms with E-state index in [4.69, 9.17) is 16.3 Å². The van der Waals surface area contributed by atoms with Crippen molar-refractivity contribution in [3.63, 3.8) is 0 Å². The van der Waals surface area contributed by atoms with Gasteiger partial charge in [-0.05, 0) is 36.1 Å². The Morgan fingerprint density at radius 1 is 1.41 bits per heavy atom. The van der Waals surface area contributed by atoms with Crippen molar-refractivity contribution in [1.82, 2.24) is 0 Å². The van der Waals surface area contributed by atoms with Crippen LogP contribution in [0.2, 0.25) is 5.02 Å². The molecular weight excluding hydrogens is 236 g/mol. The quantitative estimate of drug-likeness (QED) is 0.790. The second-order valence-electron chi connectivity index (χ2n) is 4.47. The Balaban J connectivity index is 2.96. The highest BCUT2D eigenvalue weighted by atomic mass is 35.5. The van der Waals surface area contributed by atoms with E-state index in [1.807, 2.05) is 26.0 Å². The molecule has 0 spiro atoms. The summed E-state index contributed by atoms with van der Waals surface area (Å²) in [6.45, 7) is 8.06. The van der Waals surface area contributed by atoms with E-state index in [0.717, 1.165) is 21.9 Å². The molecule has 94 valence electrons. The molecule has 0 N–H and O–H groups in total. The predicted octanol–water partition coefficient (Wildman–Crippen LogP) is 4.13. The number of aryl methyl sites for hydroxylation is 1. The third-order valence-electron chi connectivity index (χ3n) is 2.70. The van der Waals surface area contributed by atoms with Gasteiger partial charge in [-0.1, -0.05) is 32.4 Å². The highest BCUT2D eigenvalue weighted by Crippen LogP contribution is 2.31. The fourth-order valence-corrected chi connectivity index (χ4v) is 1.68. The number of rotatable bonds is 5. The second-order valence-corrected chi connectivity index (χ2v) is 4.88. The van der Waals surface area contributed by atoms with Gasteiger partial charge < -0.3 is 4.74 Å². The van der Waals surface area contributed by atoms with Gasteiger partial charge in [0.2, 0.25) is 0 Å². The summed E-state index contributed by atoms with van der Waals surface area (Å²) >= 11 is 6.10. The number of ether oxygens (including phenoxy) is 1. The highest BCUT2D eigenvalue weighted by molar-refractivity contribution is 6.31. The normalized spacial score (nSPS) is 10.7. The standard InChI is InChI=1S/C14H19ClO2/c1-5-11(16)8-17-14-6-10(4)13(15)7-12(14)9(2)3/h6-7,9H,5,8H2,1-4H3. The lowest BCUT2D eigenvalue weighted by Crippen LogP contribution is -2.11. The minimum absolute atomic E-state index is 0.104. The van der Waals surface area contributed by atoms with Crippen LogP contribution < -0.4 is 4.74 Å². The van der Waals surface area contributed by atoms with Crippen molar-refractivity contribution < 1.29 is 9.53 Å². The smallest absolute Gasteiger partial charge is 0.169 e. The van der Waals surface area contributed by atoms with Crippen molar-refractivity contribution in [2.75, 3.05) is 6.61 Å². The fourth-order valence-electron chi connectivity index (χ4n) is 1.51. The molecule has 0 saturated carbocycles. The minimum Gasteiger partial charge on any atom is -0.486 e.